The summed E-state index contributed by atoms with van der Waals surface area (Å²) in [6, 6.07) is 12.2. The van der Waals surface area contributed by atoms with Gasteiger partial charge in [0.2, 0.25) is 11.8 Å². The number of hydrogen-bond donors (Lipinski definition) is 2. The zero-order valence-electron chi connectivity index (χ0n) is 30.0. The van der Waals surface area contributed by atoms with Crippen molar-refractivity contribution >= 4 is 23.9 Å². The normalized spacial score (nSPS) is 13.0. The quantitative estimate of drug-likeness (QED) is 0.177. The van der Waals surface area contributed by atoms with Crippen molar-refractivity contribution in [2.45, 2.75) is 99.0 Å². The van der Waals surface area contributed by atoms with Crippen molar-refractivity contribution in [3.63, 3.8) is 0 Å². The summed E-state index contributed by atoms with van der Waals surface area (Å²) in [6.07, 6.45) is 0.486. The van der Waals surface area contributed by atoms with E-state index in [2.05, 4.69) is 10.6 Å². The van der Waals surface area contributed by atoms with Gasteiger partial charge in [-0.25, -0.2) is 4.79 Å². The molecule has 0 saturated carbocycles. The first kappa shape index (κ1) is 39.9. The maximum absolute atomic E-state index is 14.7. The summed E-state index contributed by atoms with van der Waals surface area (Å²) < 4.78 is 21.8. The Labute approximate surface area is 286 Å². The summed E-state index contributed by atoms with van der Waals surface area (Å²) >= 11 is 0. The molecule has 0 aliphatic heterocycles. The van der Waals surface area contributed by atoms with E-state index in [1.807, 2.05) is 71.9 Å². The van der Waals surface area contributed by atoms with Crippen molar-refractivity contribution in [3.8, 4) is 11.5 Å². The fourth-order valence-corrected chi connectivity index (χ4v) is 5.38. The average molecular weight is 670 g/mol. The number of esters is 1. The second-order valence-electron chi connectivity index (χ2n) is 13.3. The van der Waals surface area contributed by atoms with Gasteiger partial charge in [0.1, 0.15) is 36.8 Å². The van der Waals surface area contributed by atoms with Crippen LogP contribution < -0.4 is 20.1 Å². The van der Waals surface area contributed by atoms with Crippen LogP contribution >= 0.6 is 0 Å². The SMILES string of the molecule is COc1ccc(CN(C(=O)[C@@H](CC(C)C)NC(=O)OCc2ccccc2)C(CC(C)C)C(=O)N[C@H](COC(C)=O)CC(C)C)c(OC)c1. The largest absolute Gasteiger partial charge is 0.497 e. The summed E-state index contributed by atoms with van der Waals surface area (Å²) in [6.45, 7) is 13.3. The van der Waals surface area contributed by atoms with E-state index in [4.69, 9.17) is 18.9 Å². The number of rotatable bonds is 19. The molecule has 0 spiro atoms. The van der Waals surface area contributed by atoms with Gasteiger partial charge in [-0.05, 0) is 54.7 Å². The number of benzene rings is 2. The Kier molecular flexibility index (Phi) is 16.8. The van der Waals surface area contributed by atoms with Crippen LogP contribution in [0.25, 0.3) is 0 Å². The van der Waals surface area contributed by atoms with Gasteiger partial charge in [0.05, 0.1) is 26.8 Å². The summed E-state index contributed by atoms with van der Waals surface area (Å²) in [5.74, 6) is 0.0720. The Balaban J connectivity index is 2.54. The monoisotopic (exact) mass is 669 g/mol. The van der Waals surface area contributed by atoms with Crippen LogP contribution in [0.2, 0.25) is 0 Å². The van der Waals surface area contributed by atoms with E-state index >= 15 is 0 Å². The minimum absolute atomic E-state index is 0.0126. The Morgan fingerprint density at radius 1 is 0.771 bits per heavy atom. The number of nitrogens with zero attached hydrogens (tertiary/aromatic N) is 1. The molecule has 0 aliphatic carbocycles. The molecule has 11 heteroatoms. The third kappa shape index (κ3) is 13.8. The first-order valence-electron chi connectivity index (χ1n) is 16.7. The molecule has 2 aromatic carbocycles. The molecule has 0 fully saturated rings. The molecule has 3 atom stereocenters. The Morgan fingerprint density at radius 3 is 1.98 bits per heavy atom. The summed E-state index contributed by atoms with van der Waals surface area (Å²) in [7, 11) is 3.08. The lowest BCUT2D eigenvalue weighted by atomic mass is 9.96. The highest BCUT2D eigenvalue weighted by Crippen LogP contribution is 2.28. The Morgan fingerprint density at radius 2 is 1.42 bits per heavy atom. The highest BCUT2D eigenvalue weighted by molar-refractivity contribution is 5.91. The van der Waals surface area contributed by atoms with Gasteiger partial charge in [-0.3, -0.25) is 14.4 Å². The molecule has 0 aromatic heterocycles. The minimum Gasteiger partial charge on any atom is -0.497 e. The fourth-order valence-electron chi connectivity index (χ4n) is 5.38. The molecular formula is C37H55N3O8. The molecule has 48 heavy (non-hydrogen) atoms. The first-order valence-corrected chi connectivity index (χ1v) is 16.7. The predicted molar refractivity (Wildman–Crippen MR) is 184 cm³/mol. The van der Waals surface area contributed by atoms with E-state index in [-0.39, 0.29) is 43.4 Å². The lowest BCUT2D eigenvalue weighted by Crippen LogP contribution is -2.57. The summed E-state index contributed by atoms with van der Waals surface area (Å²) in [5, 5.41) is 5.85. The zero-order chi connectivity index (χ0) is 35.8. The van der Waals surface area contributed by atoms with Crippen molar-refractivity contribution < 1.29 is 38.1 Å². The molecule has 11 nitrogen and oxygen atoms in total. The van der Waals surface area contributed by atoms with Crippen LogP contribution in [0.4, 0.5) is 4.79 Å². The van der Waals surface area contributed by atoms with Gasteiger partial charge in [-0.15, -0.1) is 0 Å². The number of nitrogens with one attached hydrogen (secondary N) is 2. The molecule has 0 radical (unpaired) electrons. The van der Waals surface area contributed by atoms with Crippen molar-refractivity contribution in [3.05, 3.63) is 59.7 Å². The molecule has 0 bridgehead atoms. The van der Waals surface area contributed by atoms with Crippen LogP contribution in [0.3, 0.4) is 0 Å². The first-order chi connectivity index (χ1) is 22.7. The van der Waals surface area contributed by atoms with Crippen molar-refractivity contribution in [1.82, 2.24) is 15.5 Å². The van der Waals surface area contributed by atoms with Crippen LogP contribution in [0.1, 0.15) is 78.9 Å². The number of ether oxygens (including phenoxy) is 4. The lowest BCUT2D eigenvalue weighted by molar-refractivity contribution is -0.145. The van der Waals surface area contributed by atoms with E-state index in [1.54, 1.807) is 25.3 Å². The maximum Gasteiger partial charge on any atom is 0.408 e. The fraction of sp³-hybridized carbons (Fsp3) is 0.568. The highest BCUT2D eigenvalue weighted by Gasteiger charge is 2.37. The van der Waals surface area contributed by atoms with Gasteiger partial charge in [0.15, 0.2) is 0 Å². The van der Waals surface area contributed by atoms with Crippen molar-refractivity contribution in [1.29, 1.82) is 0 Å². The average Bonchev–Trinajstić information content (AvgIpc) is 3.03. The number of amides is 3. The number of alkyl carbamates (subject to hydrolysis) is 1. The van der Waals surface area contributed by atoms with E-state index in [0.29, 0.717) is 36.3 Å². The second-order valence-corrected chi connectivity index (χ2v) is 13.3. The molecule has 0 aliphatic rings. The summed E-state index contributed by atoms with van der Waals surface area (Å²) in [5.41, 5.74) is 1.47. The number of carbonyl (C=O) groups excluding carboxylic acids is 4. The molecule has 1 unspecified atom stereocenters. The molecule has 2 aromatic rings. The smallest absolute Gasteiger partial charge is 0.408 e. The third-order valence-electron chi connectivity index (χ3n) is 7.59. The van der Waals surface area contributed by atoms with Gasteiger partial charge in [-0.2, -0.15) is 0 Å². The second kappa shape index (κ2) is 20.2. The topological polar surface area (TPSA) is 132 Å². The molecule has 0 heterocycles. The van der Waals surface area contributed by atoms with Crippen LogP contribution in [-0.2, 0) is 37.0 Å². The predicted octanol–water partition coefficient (Wildman–Crippen LogP) is 5.88. The molecular weight excluding hydrogens is 614 g/mol. The van der Waals surface area contributed by atoms with Gasteiger partial charge < -0.3 is 34.5 Å². The zero-order valence-corrected chi connectivity index (χ0v) is 30.0. The highest BCUT2D eigenvalue weighted by atomic mass is 16.5. The molecule has 266 valence electrons. The molecule has 0 saturated heterocycles. The third-order valence-corrected chi connectivity index (χ3v) is 7.59. The standard InChI is InChI=1S/C37H55N3O8/c1-24(2)17-30(23-47-27(7)41)38-35(42)33(19-26(5)6)40(21-29-15-16-31(45-8)20-34(29)46-9)36(43)32(18-25(3)4)39-37(44)48-22-28-13-11-10-12-14-28/h10-16,20,24-26,30,32-33H,17-19,21-23H2,1-9H3,(H,38,42)(H,39,44)/t30-,32+,33?/m0/s1. The molecule has 2 rings (SSSR count). The van der Waals surface area contributed by atoms with Gasteiger partial charge >= 0.3 is 12.1 Å². The van der Waals surface area contributed by atoms with Crippen LogP contribution in [0.5, 0.6) is 11.5 Å². The van der Waals surface area contributed by atoms with E-state index in [1.165, 1.54) is 18.9 Å². The van der Waals surface area contributed by atoms with E-state index in [9.17, 15) is 19.2 Å². The van der Waals surface area contributed by atoms with Crippen LogP contribution in [-0.4, -0.2) is 67.7 Å². The van der Waals surface area contributed by atoms with Gasteiger partial charge in [-0.1, -0.05) is 71.9 Å². The van der Waals surface area contributed by atoms with Crippen LogP contribution in [0.15, 0.2) is 48.5 Å². The Hall–Kier alpha value is -4.28. The number of carbonyl (C=O) groups is 4. The summed E-state index contributed by atoms with van der Waals surface area (Å²) in [4.78, 5) is 55.1. The van der Waals surface area contributed by atoms with Gasteiger partial charge in [0.25, 0.3) is 0 Å². The maximum atomic E-state index is 14.7. The van der Waals surface area contributed by atoms with Crippen LogP contribution in [0, 0.1) is 17.8 Å². The number of hydrogen-bond acceptors (Lipinski definition) is 8. The van der Waals surface area contributed by atoms with Crippen molar-refractivity contribution in [2.75, 3.05) is 20.8 Å². The Bertz CT molecular complexity index is 1310. The van der Waals surface area contributed by atoms with Crippen molar-refractivity contribution in [2.24, 2.45) is 17.8 Å². The number of methoxy groups -OCH3 is 2. The minimum atomic E-state index is -0.979. The lowest BCUT2D eigenvalue weighted by Gasteiger charge is -2.36. The van der Waals surface area contributed by atoms with Gasteiger partial charge in [0, 0.05) is 18.6 Å². The van der Waals surface area contributed by atoms with E-state index in [0.717, 1.165) is 5.56 Å². The molecule has 2 N–H and O–H groups in total. The molecule has 3 amide bonds. The van der Waals surface area contributed by atoms with E-state index < -0.39 is 36.1 Å².